The molecule has 2 rings (SSSR count). The summed E-state index contributed by atoms with van der Waals surface area (Å²) < 4.78 is 5.21. The van der Waals surface area contributed by atoms with Crippen LogP contribution in [0.3, 0.4) is 0 Å². The van der Waals surface area contributed by atoms with E-state index in [1.54, 1.807) is 29.2 Å². The van der Waals surface area contributed by atoms with E-state index in [-0.39, 0.29) is 24.9 Å². The Balaban J connectivity index is 1.98. The molecule has 1 aliphatic rings. The van der Waals surface area contributed by atoms with Gasteiger partial charge in [0.2, 0.25) is 11.8 Å². The molecule has 1 saturated heterocycles. The van der Waals surface area contributed by atoms with E-state index in [0.29, 0.717) is 37.4 Å². The molecule has 0 aliphatic carbocycles. The molecule has 1 aliphatic heterocycles. The Hall–Kier alpha value is -2.61. The maximum absolute atomic E-state index is 12.7. The van der Waals surface area contributed by atoms with E-state index in [0.717, 1.165) is 6.42 Å². The van der Waals surface area contributed by atoms with Crippen molar-refractivity contribution in [2.45, 2.75) is 32.2 Å². The molecule has 1 atom stereocenters. The number of methoxy groups -OCH3 is 1. The van der Waals surface area contributed by atoms with Crippen molar-refractivity contribution in [1.82, 2.24) is 9.80 Å². The van der Waals surface area contributed by atoms with Crippen LogP contribution in [0.2, 0.25) is 0 Å². The first kappa shape index (κ1) is 20.7. The molecular weight excluding hydrogens is 350 g/mol. The van der Waals surface area contributed by atoms with Gasteiger partial charge in [0.25, 0.3) is 0 Å². The number of hydrogen-bond acceptors (Lipinski definition) is 5. The number of carboxylic acid groups (broad SMARTS) is 1. The summed E-state index contributed by atoms with van der Waals surface area (Å²) in [6.45, 7) is 2.86. The first-order valence-electron chi connectivity index (χ1n) is 9.13. The summed E-state index contributed by atoms with van der Waals surface area (Å²) in [5, 5.41) is 12.0. The number of carboxylic acids is 1. The van der Waals surface area contributed by atoms with Crippen LogP contribution in [0.25, 0.3) is 0 Å². The minimum atomic E-state index is -0.906. The summed E-state index contributed by atoms with van der Waals surface area (Å²) in [6.07, 6.45) is 2.01. The van der Waals surface area contributed by atoms with Gasteiger partial charge in [0.15, 0.2) is 0 Å². The third-order valence-corrected chi connectivity index (χ3v) is 4.55. The molecule has 0 aromatic heterocycles. The first-order valence-corrected chi connectivity index (χ1v) is 9.13. The summed E-state index contributed by atoms with van der Waals surface area (Å²) in [7, 11) is 1.52. The molecule has 1 aromatic rings. The Morgan fingerprint density at radius 2 is 2.07 bits per heavy atom. The van der Waals surface area contributed by atoms with Crippen molar-refractivity contribution in [3.05, 3.63) is 24.3 Å². The van der Waals surface area contributed by atoms with Crippen LogP contribution in [-0.4, -0.2) is 72.0 Å². The van der Waals surface area contributed by atoms with Crippen LogP contribution in [0.5, 0.6) is 5.75 Å². The van der Waals surface area contributed by atoms with Crippen molar-refractivity contribution in [3.8, 4) is 5.75 Å². The standard InChI is InChI=1S/C19H27N3O5/c1-3-10-22(18(24)13-21-11-6-8-15(21)19(25)26)12-17(23)20-14-7-4-5-9-16(14)27-2/h4-5,7,9,15H,3,6,8,10-13H2,1-2H3,(H,20,23)(H,25,26)/t15-/m0/s1. The van der Waals surface area contributed by atoms with E-state index in [9.17, 15) is 19.5 Å². The van der Waals surface area contributed by atoms with E-state index < -0.39 is 12.0 Å². The number of anilines is 1. The van der Waals surface area contributed by atoms with Gasteiger partial charge in [-0.25, -0.2) is 0 Å². The SMILES string of the molecule is CCCN(CC(=O)Nc1ccccc1OC)C(=O)CN1CCC[C@H]1C(=O)O. The normalized spacial score (nSPS) is 16.7. The fraction of sp³-hybridized carbons (Fsp3) is 0.526. The van der Waals surface area contributed by atoms with Crippen LogP contribution in [-0.2, 0) is 14.4 Å². The first-order chi connectivity index (χ1) is 13.0. The van der Waals surface area contributed by atoms with E-state index in [1.165, 1.54) is 12.0 Å². The zero-order valence-electron chi connectivity index (χ0n) is 15.8. The summed E-state index contributed by atoms with van der Waals surface area (Å²) in [4.78, 5) is 39.5. The fourth-order valence-corrected chi connectivity index (χ4v) is 3.24. The minimum Gasteiger partial charge on any atom is -0.495 e. The number of rotatable bonds is 9. The highest BCUT2D eigenvalue weighted by Gasteiger charge is 2.32. The summed E-state index contributed by atoms with van der Waals surface area (Å²) in [5.74, 6) is -0.922. The monoisotopic (exact) mass is 377 g/mol. The van der Waals surface area contributed by atoms with Gasteiger partial charge in [-0.05, 0) is 37.9 Å². The molecular formula is C19H27N3O5. The molecule has 2 amide bonds. The third kappa shape index (κ3) is 5.68. The zero-order valence-corrected chi connectivity index (χ0v) is 15.8. The van der Waals surface area contributed by atoms with Gasteiger partial charge in [0, 0.05) is 6.54 Å². The predicted molar refractivity (Wildman–Crippen MR) is 101 cm³/mol. The molecule has 8 heteroatoms. The number of hydrogen-bond donors (Lipinski definition) is 2. The number of amides is 2. The van der Waals surface area contributed by atoms with Crippen LogP contribution in [0.1, 0.15) is 26.2 Å². The van der Waals surface area contributed by atoms with Gasteiger partial charge < -0.3 is 20.1 Å². The highest BCUT2D eigenvalue weighted by Crippen LogP contribution is 2.23. The highest BCUT2D eigenvalue weighted by molar-refractivity contribution is 5.96. The Morgan fingerprint density at radius 3 is 2.74 bits per heavy atom. The summed E-state index contributed by atoms with van der Waals surface area (Å²) in [5.41, 5.74) is 0.541. The van der Waals surface area contributed by atoms with E-state index in [1.807, 2.05) is 6.92 Å². The molecule has 0 unspecified atom stereocenters. The van der Waals surface area contributed by atoms with Crippen molar-refractivity contribution in [1.29, 1.82) is 0 Å². The van der Waals surface area contributed by atoms with Crippen molar-refractivity contribution < 1.29 is 24.2 Å². The molecule has 2 N–H and O–H groups in total. The van der Waals surface area contributed by atoms with Crippen molar-refractivity contribution >= 4 is 23.5 Å². The number of ether oxygens (including phenoxy) is 1. The Kier molecular flexibility index (Phi) is 7.60. The lowest BCUT2D eigenvalue weighted by molar-refractivity contribution is -0.144. The second-order valence-corrected chi connectivity index (χ2v) is 6.53. The number of aliphatic carboxylic acids is 1. The van der Waals surface area contributed by atoms with E-state index in [2.05, 4.69) is 5.32 Å². The van der Waals surface area contributed by atoms with Crippen LogP contribution >= 0.6 is 0 Å². The number of nitrogens with one attached hydrogen (secondary N) is 1. The molecule has 1 heterocycles. The highest BCUT2D eigenvalue weighted by atomic mass is 16.5. The number of carbonyl (C=O) groups excluding carboxylic acids is 2. The fourth-order valence-electron chi connectivity index (χ4n) is 3.24. The van der Waals surface area contributed by atoms with Crippen LogP contribution in [0.4, 0.5) is 5.69 Å². The molecule has 8 nitrogen and oxygen atoms in total. The van der Waals surface area contributed by atoms with Gasteiger partial charge in [-0.3, -0.25) is 19.3 Å². The van der Waals surface area contributed by atoms with Gasteiger partial charge in [-0.1, -0.05) is 19.1 Å². The zero-order chi connectivity index (χ0) is 19.8. The average Bonchev–Trinajstić information content (AvgIpc) is 3.10. The number of nitrogens with zero attached hydrogens (tertiary/aromatic N) is 2. The molecule has 27 heavy (non-hydrogen) atoms. The smallest absolute Gasteiger partial charge is 0.320 e. The van der Waals surface area contributed by atoms with Crippen LogP contribution in [0.15, 0.2) is 24.3 Å². The number of benzene rings is 1. The van der Waals surface area contributed by atoms with Crippen LogP contribution < -0.4 is 10.1 Å². The molecule has 0 radical (unpaired) electrons. The molecule has 0 spiro atoms. The third-order valence-electron chi connectivity index (χ3n) is 4.55. The van der Waals surface area contributed by atoms with E-state index in [4.69, 9.17) is 4.74 Å². The second kappa shape index (κ2) is 9.91. The molecule has 0 saturated carbocycles. The lowest BCUT2D eigenvalue weighted by atomic mass is 10.2. The van der Waals surface area contributed by atoms with Gasteiger partial charge >= 0.3 is 5.97 Å². The lowest BCUT2D eigenvalue weighted by Crippen LogP contribution is -2.46. The quantitative estimate of drug-likeness (QED) is 0.675. The van der Waals surface area contributed by atoms with Crippen LogP contribution in [0, 0.1) is 0 Å². The molecule has 148 valence electrons. The van der Waals surface area contributed by atoms with Crippen molar-refractivity contribution in [2.24, 2.45) is 0 Å². The largest absolute Gasteiger partial charge is 0.495 e. The van der Waals surface area contributed by atoms with E-state index >= 15 is 0 Å². The molecule has 1 aromatic carbocycles. The minimum absolute atomic E-state index is 0.0128. The Bertz CT molecular complexity index is 679. The number of likely N-dealkylation sites (tertiary alicyclic amines) is 1. The Labute approximate surface area is 159 Å². The molecule has 1 fully saturated rings. The average molecular weight is 377 g/mol. The second-order valence-electron chi connectivity index (χ2n) is 6.53. The van der Waals surface area contributed by atoms with Gasteiger partial charge in [-0.2, -0.15) is 0 Å². The van der Waals surface area contributed by atoms with Gasteiger partial charge in [0.05, 0.1) is 25.9 Å². The molecule has 0 bridgehead atoms. The number of para-hydroxylation sites is 2. The maximum Gasteiger partial charge on any atom is 0.320 e. The van der Waals surface area contributed by atoms with Gasteiger partial charge in [0.1, 0.15) is 11.8 Å². The maximum atomic E-state index is 12.7. The van der Waals surface area contributed by atoms with Gasteiger partial charge in [-0.15, -0.1) is 0 Å². The topological polar surface area (TPSA) is 99.2 Å². The van der Waals surface area contributed by atoms with Crippen molar-refractivity contribution in [2.75, 3.05) is 38.6 Å². The van der Waals surface area contributed by atoms with Crippen molar-refractivity contribution in [3.63, 3.8) is 0 Å². The summed E-state index contributed by atoms with van der Waals surface area (Å²) >= 11 is 0. The number of carbonyl (C=O) groups is 3. The predicted octanol–water partition coefficient (Wildman–Crippen LogP) is 1.42. The Morgan fingerprint density at radius 1 is 1.33 bits per heavy atom. The summed E-state index contributed by atoms with van der Waals surface area (Å²) in [6, 6.07) is 6.43. The lowest BCUT2D eigenvalue weighted by Gasteiger charge is -2.26.